The fourth-order valence-electron chi connectivity index (χ4n) is 4.28. The molecule has 0 saturated carbocycles. The number of anilines is 1. The molecule has 2 aromatic heterocycles. The number of H-pyrrole nitrogens is 1. The fourth-order valence-corrected chi connectivity index (χ4v) is 4.50. The molecule has 2 atom stereocenters. The molecule has 2 N–H and O–H groups in total. The highest BCUT2D eigenvalue weighted by Crippen LogP contribution is 2.44. The molecule has 0 fully saturated rings. The molecule has 184 valence electrons. The van der Waals surface area contributed by atoms with Crippen molar-refractivity contribution in [2.24, 2.45) is 0 Å². The van der Waals surface area contributed by atoms with Crippen molar-refractivity contribution in [3.63, 3.8) is 0 Å². The molecule has 4 rings (SSSR count). The largest absolute Gasteiger partial charge is 0.410 e. The highest BCUT2D eigenvalue weighted by Gasteiger charge is 2.46. The summed E-state index contributed by atoms with van der Waals surface area (Å²) in [6.45, 7) is 5.61. The van der Waals surface area contributed by atoms with E-state index in [1.54, 1.807) is 10.6 Å². The molecule has 1 aliphatic rings. The van der Waals surface area contributed by atoms with Crippen molar-refractivity contribution in [1.82, 2.24) is 29.4 Å². The molecule has 1 aromatic carbocycles. The van der Waals surface area contributed by atoms with Gasteiger partial charge in [0.2, 0.25) is 0 Å². The summed E-state index contributed by atoms with van der Waals surface area (Å²) >= 11 is 5.36. The summed E-state index contributed by atoms with van der Waals surface area (Å²) in [5.41, 5.74) is 2.32. The van der Waals surface area contributed by atoms with Crippen LogP contribution in [-0.4, -0.2) is 56.3 Å². The van der Waals surface area contributed by atoms with Gasteiger partial charge in [-0.2, -0.15) is 23.4 Å². The number of rotatable bonds is 7. The van der Waals surface area contributed by atoms with Crippen LogP contribution < -0.4 is 5.32 Å². The summed E-state index contributed by atoms with van der Waals surface area (Å²) in [5, 5.41) is 14.6. The first-order valence-electron chi connectivity index (χ1n) is 11.4. The number of nitrogens with one attached hydrogen (secondary N) is 2. The minimum Gasteiger partial charge on any atom is -0.363 e. The summed E-state index contributed by atoms with van der Waals surface area (Å²) in [6.07, 6.45) is -3.76. The molecule has 11 heteroatoms. The van der Waals surface area contributed by atoms with Gasteiger partial charge in [-0.05, 0) is 56.3 Å². The molecule has 0 unspecified atom stereocenters. The van der Waals surface area contributed by atoms with Gasteiger partial charge in [0.25, 0.3) is 0 Å². The second-order valence-corrected chi connectivity index (χ2v) is 9.72. The number of alkyl halides is 3. The lowest BCUT2D eigenvalue weighted by Gasteiger charge is -2.33. The summed E-state index contributed by atoms with van der Waals surface area (Å²) in [7, 11) is 3.96. The number of aromatic amines is 1. The van der Waals surface area contributed by atoms with E-state index < -0.39 is 18.3 Å². The van der Waals surface area contributed by atoms with Gasteiger partial charge in [0.05, 0.1) is 6.04 Å². The van der Waals surface area contributed by atoms with Gasteiger partial charge < -0.3 is 10.2 Å². The van der Waals surface area contributed by atoms with Gasteiger partial charge in [0.1, 0.15) is 11.5 Å². The normalized spacial score (nSPS) is 18.4. The third-order valence-corrected chi connectivity index (χ3v) is 6.48. The molecule has 3 heterocycles. The van der Waals surface area contributed by atoms with Gasteiger partial charge in [-0.25, -0.2) is 4.68 Å². The molecular weight excluding hydrogens is 463 g/mol. The van der Waals surface area contributed by atoms with Gasteiger partial charge in [0.15, 0.2) is 16.6 Å². The Bertz CT molecular complexity index is 1170. The second kappa shape index (κ2) is 9.53. The third-order valence-electron chi connectivity index (χ3n) is 6.17. The minimum absolute atomic E-state index is 0.145. The van der Waals surface area contributed by atoms with Crippen LogP contribution in [-0.2, 0) is 6.54 Å². The molecule has 1 aliphatic heterocycles. The van der Waals surface area contributed by atoms with Crippen molar-refractivity contribution in [3.05, 3.63) is 46.2 Å². The average molecular weight is 494 g/mol. The number of benzene rings is 1. The number of fused-ring (bicyclic) bond motifs is 1. The molecule has 0 saturated heterocycles. The van der Waals surface area contributed by atoms with E-state index in [0.29, 0.717) is 34.6 Å². The van der Waals surface area contributed by atoms with E-state index in [-0.39, 0.29) is 6.42 Å². The molecule has 0 amide bonds. The number of hydrogen-bond acceptors (Lipinski definition) is 5. The van der Waals surface area contributed by atoms with Gasteiger partial charge in [0, 0.05) is 19.0 Å². The Labute approximate surface area is 202 Å². The first-order valence-corrected chi connectivity index (χ1v) is 11.8. The second-order valence-electron chi connectivity index (χ2n) is 9.33. The number of hydrogen-bond donors (Lipinski definition) is 2. The van der Waals surface area contributed by atoms with E-state index >= 15 is 0 Å². The monoisotopic (exact) mass is 493 g/mol. The zero-order chi connectivity index (χ0) is 24.6. The Morgan fingerprint density at radius 3 is 2.53 bits per heavy atom. The molecule has 0 aliphatic carbocycles. The smallest absolute Gasteiger partial charge is 0.363 e. The zero-order valence-electron chi connectivity index (χ0n) is 19.7. The Hall–Kier alpha value is -2.66. The number of aromatic nitrogens is 5. The lowest BCUT2D eigenvalue weighted by atomic mass is 9.94. The van der Waals surface area contributed by atoms with Crippen molar-refractivity contribution in [1.29, 1.82) is 0 Å². The molecule has 0 bridgehead atoms. The van der Waals surface area contributed by atoms with Crippen molar-refractivity contribution in [2.75, 3.05) is 26.0 Å². The van der Waals surface area contributed by atoms with Crippen molar-refractivity contribution in [2.45, 2.75) is 57.4 Å². The maximum Gasteiger partial charge on any atom is 0.410 e. The maximum atomic E-state index is 14.1. The topological polar surface area (TPSA) is 66.7 Å². The average Bonchev–Trinajstić information content (AvgIpc) is 3.35. The summed E-state index contributed by atoms with van der Waals surface area (Å²) in [5.74, 6) is 1.11. The lowest BCUT2D eigenvalue weighted by Crippen LogP contribution is -2.35. The van der Waals surface area contributed by atoms with Gasteiger partial charge >= 0.3 is 6.18 Å². The van der Waals surface area contributed by atoms with E-state index in [2.05, 4.69) is 39.4 Å². The van der Waals surface area contributed by atoms with Crippen LogP contribution in [0.4, 0.5) is 19.0 Å². The molecule has 7 nitrogen and oxygen atoms in total. The van der Waals surface area contributed by atoms with E-state index in [1.807, 2.05) is 38.4 Å². The fraction of sp³-hybridized carbons (Fsp3) is 0.522. The van der Waals surface area contributed by atoms with Crippen LogP contribution in [0.5, 0.6) is 0 Å². The SMILES string of the molecule is CC(C)c1ccc([C@H]2C[C@@H](C(F)(F)F)n3nc(-c4n[nH]c(=S)n4CCCN(C)C)cc3N2)cc1. The van der Waals surface area contributed by atoms with Crippen molar-refractivity contribution >= 4 is 18.0 Å². The van der Waals surface area contributed by atoms with E-state index in [0.717, 1.165) is 28.8 Å². The van der Waals surface area contributed by atoms with Crippen molar-refractivity contribution in [3.8, 4) is 11.5 Å². The van der Waals surface area contributed by atoms with E-state index in [4.69, 9.17) is 12.2 Å². The lowest BCUT2D eigenvalue weighted by molar-refractivity contribution is -0.173. The highest BCUT2D eigenvalue weighted by atomic mass is 32.1. The Balaban J connectivity index is 1.67. The van der Waals surface area contributed by atoms with Gasteiger partial charge in [-0.15, -0.1) is 0 Å². The quantitative estimate of drug-likeness (QED) is 0.423. The van der Waals surface area contributed by atoms with E-state index in [9.17, 15) is 13.2 Å². The Morgan fingerprint density at radius 1 is 1.21 bits per heavy atom. The third kappa shape index (κ3) is 5.05. The summed E-state index contributed by atoms with van der Waals surface area (Å²) < 4.78 is 45.5. The highest BCUT2D eigenvalue weighted by molar-refractivity contribution is 7.71. The van der Waals surface area contributed by atoms with Crippen LogP contribution >= 0.6 is 12.2 Å². The summed E-state index contributed by atoms with van der Waals surface area (Å²) in [6, 6.07) is 7.18. The molecule has 34 heavy (non-hydrogen) atoms. The van der Waals surface area contributed by atoms with Crippen molar-refractivity contribution < 1.29 is 13.2 Å². The first-order chi connectivity index (χ1) is 16.0. The van der Waals surface area contributed by atoms with Gasteiger partial charge in [-0.3, -0.25) is 9.67 Å². The predicted molar refractivity (Wildman–Crippen MR) is 128 cm³/mol. The molecule has 0 spiro atoms. The van der Waals surface area contributed by atoms with Crippen LogP contribution in [0.3, 0.4) is 0 Å². The van der Waals surface area contributed by atoms with Crippen LogP contribution in [0, 0.1) is 4.77 Å². The molecule has 3 aromatic rings. The van der Waals surface area contributed by atoms with Crippen LogP contribution in [0.2, 0.25) is 0 Å². The predicted octanol–water partition coefficient (Wildman–Crippen LogP) is 5.54. The Morgan fingerprint density at radius 2 is 1.91 bits per heavy atom. The standard InChI is InChI=1S/C23H30F3N7S/c1-14(2)15-6-8-16(9-7-15)17-12-19(23(24,25)26)33-20(27-17)13-18(30-33)21-28-29-22(34)32(21)11-5-10-31(3)4/h6-9,13-14,17,19,27H,5,10-12H2,1-4H3,(H,29,34)/t17-,19+/m1/s1. The number of halogens is 3. The van der Waals surface area contributed by atoms with Crippen LogP contribution in [0.15, 0.2) is 30.3 Å². The van der Waals surface area contributed by atoms with Gasteiger partial charge in [-0.1, -0.05) is 38.1 Å². The molecule has 0 radical (unpaired) electrons. The number of nitrogens with zero attached hydrogens (tertiary/aromatic N) is 5. The summed E-state index contributed by atoms with van der Waals surface area (Å²) in [4.78, 5) is 2.06. The first kappa shape index (κ1) is 24.5. The maximum absolute atomic E-state index is 14.1. The van der Waals surface area contributed by atoms with Crippen LogP contribution in [0.25, 0.3) is 11.5 Å². The Kier molecular flexibility index (Phi) is 6.86. The zero-order valence-corrected chi connectivity index (χ0v) is 20.5. The van der Waals surface area contributed by atoms with Crippen LogP contribution in [0.1, 0.15) is 55.8 Å². The minimum atomic E-state index is -4.44. The van der Waals surface area contributed by atoms with E-state index in [1.165, 1.54) is 0 Å². The molecular formula is C23H30F3N7S.